The van der Waals surface area contributed by atoms with E-state index in [1.54, 1.807) is 0 Å². The lowest BCUT2D eigenvalue weighted by Crippen LogP contribution is -2.55. The maximum absolute atomic E-state index is 10.3. The summed E-state index contributed by atoms with van der Waals surface area (Å²) in [5.74, 6) is -1.35. The number of carboxylic acid groups (broad SMARTS) is 1. The van der Waals surface area contributed by atoms with E-state index in [1.165, 1.54) is 0 Å². The lowest BCUT2D eigenvalue weighted by molar-refractivity contribution is -0.201. The van der Waals surface area contributed by atoms with Crippen LogP contribution in [-0.4, -0.2) is 57.4 Å². The molecule has 0 saturated carbocycles. The maximum atomic E-state index is 10.3. The van der Waals surface area contributed by atoms with Crippen molar-refractivity contribution in [2.24, 2.45) is 0 Å². The molecule has 0 aromatic heterocycles. The van der Waals surface area contributed by atoms with Gasteiger partial charge in [0.15, 0.2) is 6.10 Å². The van der Waals surface area contributed by atoms with Gasteiger partial charge < -0.3 is 25.2 Å². The molecule has 0 amide bonds. The van der Waals surface area contributed by atoms with Crippen LogP contribution >= 0.6 is 0 Å². The van der Waals surface area contributed by atoms with Crippen LogP contribution in [0.3, 0.4) is 0 Å². The number of hydrogen-bond donors (Lipinski definition) is 4. The number of carboxylic acids is 1. The van der Waals surface area contributed by atoms with Crippen LogP contribution in [0.5, 0.6) is 0 Å². The molecule has 1 aliphatic rings. The Balaban J connectivity index is 2.65. The van der Waals surface area contributed by atoms with E-state index in [2.05, 4.69) is 4.74 Å². The average Bonchev–Trinajstić information content (AvgIpc) is 2.00. The largest absolute Gasteiger partial charge is 0.479 e. The van der Waals surface area contributed by atoms with Crippen LogP contribution in [0.4, 0.5) is 0 Å². The van der Waals surface area contributed by atoms with E-state index in [0.717, 1.165) is 0 Å². The molecule has 1 saturated heterocycles. The second kappa shape index (κ2) is 3.36. The van der Waals surface area contributed by atoms with Crippen molar-refractivity contribution in [3.63, 3.8) is 0 Å². The highest BCUT2D eigenvalue weighted by molar-refractivity contribution is 5.73. The van der Waals surface area contributed by atoms with Gasteiger partial charge in [-0.1, -0.05) is 0 Å². The summed E-state index contributed by atoms with van der Waals surface area (Å²) < 4.78 is 4.57. The van der Waals surface area contributed by atoms with Gasteiger partial charge in [-0.3, -0.25) is 0 Å². The zero-order valence-electron chi connectivity index (χ0n) is 6.12. The Bertz CT molecular complexity index is 181. The van der Waals surface area contributed by atoms with Gasteiger partial charge in [0.05, 0.1) is 6.61 Å². The molecular formula is C6H10O6. The monoisotopic (exact) mass is 178 g/mol. The van der Waals surface area contributed by atoms with E-state index in [0.29, 0.717) is 0 Å². The number of carbonyl (C=O) groups is 1. The molecule has 3 unspecified atom stereocenters. The molecule has 0 aromatic rings. The normalized spacial score (nSPS) is 42.6. The molecule has 70 valence electrons. The Morgan fingerprint density at radius 1 is 1.25 bits per heavy atom. The molecule has 0 radical (unpaired) electrons. The van der Waals surface area contributed by atoms with Gasteiger partial charge in [-0.2, -0.15) is 0 Å². The quantitative estimate of drug-likeness (QED) is 0.355. The van der Waals surface area contributed by atoms with Gasteiger partial charge >= 0.3 is 5.97 Å². The summed E-state index contributed by atoms with van der Waals surface area (Å²) in [7, 11) is 0. The van der Waals surface area contributed by atoms with Gasteiger partial charge in [0.2, 0.25) is 0 Å². The Kier molecular flexibility index (Phi) is 2.63. The average molecular weight is 178 g/mol. The summed E-state index contributed by atoms with van der Waals surface area (Å²) in [6.07, 6.45) is -5.72. The summed E-state index contributed by atoms with van der Waals surface area (Å²) in [6.45, 7) is -0.283. The Labute approximate surface area is 68.0 Å². The molecule has 12 heavy (non-hydrogen) atoms. The molecule has 1 aliphatic heterocycles. The van der Waals surface area contributed by atoms with E-state index in [9.17, 15) is 4.79 Å². The molecule has 4 N–H and O–H groups in total. The predicted octanol–water partition coefficient (Wildman–Crippen LogP) is -2.45. The van der Waals surface area contributed by atoms with Crippen molar-refractivity contribution < 1.29 is 30.0 Å². The van der Waals surface area contributed by atoms with Crippen LogP contribution in [0.1, 0.15) is 0 Å². The SMILES string of the molecule is O=C(O)[C@@H]1OCC(O)C(O)C1O. The Morgan fingerprint density at radius 3 is 2.33 bits per heavy atom. The van der Waals surface area contributed by atoms with Crippen molar-refractivity contribution in [1.29, 1.82) is 0 Å². The molecule has 0 bridgehead atoms. The van der Waals surface area contributed by atoms with E-state index < -0.39 is 30.4 Å². The fraction of sp³-hybridized carbons (Fsp3) is 0.833. The molecule has 1 rings (SSSR count). The summed E-state index contributed by atoms with van der Waals surface area (Å²) in [4.78, 5) is 10.3. The van der Waals surface area contributed by atoms with Crippen LogP contribution in [0.25, 0.3) is 0 Å². The fourth-order valence-electron chi connectivity index (χ4n) is 1.02. The first kappa shape index (κ1) is 9.40. The van der Waals surface area contributed by atoms with Crippen LogP contribution in [0.2, 0.25) is 0 Å². The van der Waals surface area contributed by atoms with Gasteiger partial charge in [0, 0.05) is 0 Å². The van der Waals surface area contributed by atoms with Gasteiger partial charge in [0.1, 0.15) is 18.3 Å². The molecule has 1 heterocycles. The lowest BCUT2D eigenvalue weighted by atomic mass is 10.0. The smallest absolute Gasteiger partial charge is 0.335 e. The number of aliphatic hydroxyl groups excluding tert-OH is 3. The molecule has 4 atom stereocenters. The predicted molar refractivity (Wildman–Crippen MR) is 35.4 cm³/mol. The molecule has 0 aromatic carbocycles. The van der Waals surface area contributed by atoms with Gasteiger partial charge in [-0.25, -0.2) is 4.79 Å². The second-order valence-corrected chi connectivity index (χ2v) is 2.64. The minimum atomic E-state index is -1.58. The highest BCUT2D eigenvalue weighted by Gasteiger charge is 2.41. The number of ether oxygens (including phenoxy) is 1. The number of hydrogen-bond acceptors (Lipinski definition) is 5. The highest BCUT2D eigenvalue weighted by Crippen LogP contribution is 2.15. The summed E-state index contributed by atoms with van der Waals surface area (Å²) in [6, 6.07) is 0. The van der Waals surface area contributed by atoms with E-state index >= 15 is 0 Å². The van der Waals surface area contributed by atoms with E-state index in [4.69, 9.17) is 20.4 Å². The summed E-state index contributed by atoms with van der Waals surface area (Å²) in [5, 5.41) is 35.4. The Morgan fingerprint density at radius 2 is 1.83 bits per heavy atom. The van der Waals surface area contributed by atoms with Crippen molar-refractivity contribution in [3.8, 4) is 0 Å². The molecule has 0 aliphatic carbocycles. The van der Waals surface area contributed by atoms with Gasteiger partial charge in [0.25, 0.3) is 0 Å². The first-order valence-electron chi connectivity index (χ1n) is 3.42. The van der Waals surface area contributed by atoms with E-state index in [1.807, 2.05) is 0 Å². The van der Waals surface area contributed by atoms with Crippen molar-refractivity contribution in [3.05, 3.63) is 0 Å². The van der Waals surface area contributed by atoms with Crippen molar-refractivity contribution >= 4 is 5.97 Å². The molecule has 1 fully saturated rings. The standard InChI is InChI=1S/C6H10O6/c7-2-1-12-5(6(10)11)4(9)3(2)8/h2-5,7-9H,1H2,(H,10,11)/t2?,3?,4?,5-/m1/s1. The van der Waals surface area contributed by atoms with Gasteiger partial charge in [-0.05, 0) is 0 Å². The minimum absolute atomic E-state index is 0.283. The van der Waals surface area contributed by atoms with Crippen LogP contribution in [0, 0.1) is 0 Å². The number of rotatable bonds is 1. The third-order valence-electron chi connectivity index (χ3n) is 1.74. The van der Waals surface area contributed by atoms with Crippen LogP contribution in [-0.2, 0) is 9.53 Å². The van der Waals surface area contributed by atoms with Crippen LogP contribution in [0.15, 0.2) is 0 Å². The van der Waals surface area contributed by atoms with Crippen molar-refractivity contribution in [1.82, 2.24) is 0 Å². The van der Waals surface area contributed by atoms with Crippen molar-refractivity contribution in [2.45, 2.75) is 24.4 Å². The summed E-state index contributed by atoms with van der Waals surface area (Å²) in [5.41, 5.74) is 0. The topological polar surface area (TPSA) is 107 Å². The van der Waals surface area contributed by atoms with Gasteiger partial charge in [-0.15, -0.1) is 0 Å². The van der Waals surface area contributed by atoms with Crippen molar-refractivity contribution in [2.75, 3.05) is 6.61 Å². The first-order valence-corrected chi connectivity index (χ1v) is 3.42. The second-order valence-electron chi connectivity index (χ2n) is 2.64. The van der Waals surface area contributed by atoms with E-state index in [-0.39, 0.29) is 6.61 Å². The molecule has 6 heteroatoms. The maximum Gasteiger partial charge on any atom is 0.335 e. The van der Waals surface area contributed by atoms with Crippen LogP contribution < -0.4 is 0 Å². The third kappa shape index (κ3) is 1.56. The molecule has 6 nitrogen and oxygen atoms in total. The zero-order chi connectivity index (χ0) is 9.30. The minimum Gasteiger partial charge on any atom is -0.479 e. The lowest BCUT2D eigenvalue weighted by Gasteiger charge is -2.32. The highest BCUT2D eigenvalue weighted by atomic mass is 16.5. The fourth-order valence-corrected chi connectivity index (χ4v) is 1.02. The summed E-state index contributed by atoms with van der Waals surface area (Å²) >= 11 is 0. The number of aliphatic carboxylic acids is 1. The molecular weight excluding hydrogens is 168 g/mol. The first-order chi connectivity index (χ1) is 5.54. The zero-order valence-corrected chi connectivity index (χ0v) is 6.12. The number of aliphatic hydroxyl groups is 3. The molecule has 0 spiro atoms. The Hall–Kier alpha value is -0.690. The third-order valence-corrected chi connectivity index (χ3v) is 1.74.